The standard InChI is InChI=1S/C10H21N3O/c1-3-4-8(2)13-6-5-12-9(7-13)10(11)14/h8-9,12H,3-7H2,1-2H3,(H2,11,14). The van der Waals surface area contributed by atoms with Gasteiger partial charge in [-0.25, -0.2) is 0 Å². The van der Waals surface area contributed by atoms with Crippen LogP contribution < -0.4 is 11.1 Å². The third kappa shape index (κ3) is 2.96. The number of nitrogens with one attached hydrogen (secondary N) is 1. The van der Waals surface area contributed by atoms with E-state index in [2.05, 4.69) is 24.1 Å². The number of hydrogen-bond acceptors (Lipinski definition) is 3. The summed E-state index contributed by atoms with van der Waals surface area (Å²) >= 11 is 0. The second kappa shape index (κ2) is 5.32. The zero-order chi connectivity index (χ0) is 10.6. The summed E-state index contributed by atoms with van der Waals surface area (Å²) in [5, 5.41) is 3.13. The molecule has 0 saturated carbocycles. The fourth-order valence-corrected chi connectivity index (χ4v) is 1.96. The van der Waals surface area contributed by atoms with Crippen LogP contribution >= 0.6 is 0 Å². The number of nitrogens with zero attached hydrogens (tertiary/aromatic N) is 1. The highest BCUT2D eigenvalue weighted by atomic mass is 16.1. The van der Waals surface area contributed by atoms with E-state index in [9.17, 15) is 4.79 Å². The van der Waals surface area contributed by atoms with Crippen molar-refractivity contribution in [1.29, 1.82) is 0 Å². The third-order valence-corrected chi connectivity index (χ3v) is 2.88. The van der Waals surface area contributed by atoms with Gasteiger partial charge in [-0.15, -0.1) is 0 Å². The summed E-state index contributed by atoms with van der Waals surface area (Å²) in [5.41, 5.74) is 5.28. The van der Waals surface area contributed by atoms with Crippen LogP contribution in [0.25, 0.3) is 0 Å². The van der Waals surface area contributed by atoms with Gasteiger partial charge in [0.05, 0.1) is 6.04 Å². The van der Waals surface area contributed by atoms with Crippen LogP contribution in [0.4, 0.5) is 0 Å². The molecule has 0 spiro atoms. The summed E-state index contributed by atoms with van der Waals surface area (Å²) in [6.45, 7) is 7.04. The van der Waals surface area contributed by atoms with Crippen LogP contribution in [0, 0.1) is 0 Å². The lowest BCUT2D eigenvalue weighted by atomic mass is 10.1. The minimum atomic E-state index is -0.238. The molecule has 1 rings (SSSR count). The summed E-state index contributed by atoms with van der Waals surface area (Å²) < 4.78 is 0. The first kappa shape index (κ1) is 11.5. The highest BCUT2D eigenvalue weighted by molar-refractivity contribution is 5.80. The van der Waals surface area contributed by atoms with E-state index in [4.69, 9.17) is 5.73 Å². The molecular weight excluding hydrogens is 178 g/mol. The van der Waals surface area contributed by atoms with E-state index in [0.29, 0.717) is 6.04 Å². The molecule has 0 aromatic rings. The summed E-state index contributed by atoms with van der Waals surface area (Å²) in [6.07, 6.45) is 2.37. The topological polar surface area (TPSA) is 58.4 Å². The van der Waals surface area contributed by atoms with Crippen molar-refractivity contribution in [3.05, 3.63) is 0 Å². The fraction of sp³-hybridized carbons (Fsp3) is 0.900. The Kier molecular flexibility index (Phi) is 4.35. The number of carbonyl (C=O) groups excluding carboxylic acids is 1. The van der Waals surface area contributed by atoms with Gasteiger partial charge in [-0.1, -0.05) is 13.3 Å². The molecule has 0 radical (unpaired) electrons. The summed E-state index contributed by atoms with van der Waals surface area (Å²) in [7, 11) is 0. The Morgan fingerprint density at radius 1 is 1.71 bits per heavy atom. The Bertz CT molecular complexity index is 196. The lowest BCUT2D eigenvalue weighted by molar-refractivity contribution is -0.121. The van der Waals surface area contributed by atoms with Crippen molar-refractivity contribution in [1.82, 2.24) is 10.2 Å². The normalized spacial score (nSPS) is 26.0. The number of nitrogens with two attached hydrogens (primary N) is 1. The predicted molar refractivity (Wildman–Crippen MR) is 56.9 cm³/mol. The van der Waals surface area contributed by atoms with Crippen molar-refractivity contribution in [2.24, 2.45) is 5.73 Å². The zero-order valence-electron chi connectivity index (χ0n) is 9.12. The molecule has 4 nitrogen and oxygen atoms in total. The van der Waals surface area contributed by atoms with Crippen LogP contribution in [0.1, 0.15) is 26.7 Å². The van der Waals surface area contributed by atoms with Gasteiger partial charge in [0.15, 0.2) is 0 Å². The second-order valence-electron chi connectivity index (χ2n) is 4.04. The van der Waals surface area contributed by atoms with E-state index in [0.717, 1.165) is 19.6 Å². The molecule has 1 aliphatic rings. The number of amides is 1. The molecule has 82 valence electrons. The van der Waals surface area contributed by atoms with Crippen molar-refractivity contribution in [3.8, 4) is 0 Å². The molecule has 1 fully saturated rings. The summed E-state index contributed by atoms with van der Waals surface area (Å²) in [4.78, 5) is 13.4. The molecule has 1 saturated heterocycles. The Labute approximate surface area is 85.8 Å². The number of carbonyl (C=O) groups is 1. The van der Waals surface area contributed by atoms with Crippen molar-refractivity contribution in [2.45, 2.75) is 38.8 Å². The van der Waals surface area contributed by atoms with Crippen molar-refractivity contribution in [3.63, 3.8) is 0 Å². The van der Waals surface area contributed by atoms with Gasteiger partial charge < -0.3 is 11.1 Å². The second-order valence-corrected chi connectivity index (χ2v) is 4.04. The van der Waals surface area contributed by atoms with Gasteiger partial charge in [-0.2, -0.15) is 0 Å². The smallest absolute Gasteiger partial charge is 0.235 e. The molecule has 14 heavy (non-hydrogen) atoms. The zero-order valence-corrected chi connectivity index (χ0v) is 9.12. The Hall–Kier alpha value is -0.610. The average molecular weight is 199 g/mol. The van der Waals surface area contributed by atoms with Crippen molar-refractivity contribution >= 4 is 5.91 Å². The molecule has 2 atom stereocenters. The molecule has 0 aliphatic carbocycles. The van der Waals surface area contributed by atoms with Crippen LogP contribution in [0.3, 0.4) is 0 Å². The Balaban J connectivity index is 2.43. The maximum Gasteiger partial charge on any atom is 0.235 e. The largest absolute Gasteiger partial charge is 0.368 e. The molecular formula is C10H21N3O. The molecule has 0 bridgehead atoms. The Morgan fingerprint density at radius 2 is 2.43 bits per heavy atom. The van der Waals surface area contributed by atoms with Gasteiger partial charge >= 0.3 is 0 Å². The minimum Gasteiger partial charge on any atom is -0.368 e. The molecule has 2 unspecified atom stereocenters. The van der Waals surface area contributed by atoms with Crippen LogP contribution in [0.15, 0.2) is 0 Å². The number of hydrogen-bond donors (Lipinski definition) is 2. The van der Waals surface area contributed by atoms with Gasteiger partial charge in [0, 0.05) is 25.7 Å². The fourth-order valence-electron chi connectivity index (χ4n) is 1.96. The molecule has 4 heteroatoms. The van der Waals surface area contributed by atoms with Crippen LogP contribution in [-0.4, -0.2) is 42.5 Å². The molecule has 1 amide bonds. The maximum absolute atomic E-state index is 11.0. The molecule has 3 N–H and O–H groups in total. The number of rotatable bonds is 4. The molecule has 0 aromatic heterocycles. The van der Waals surface area contributed by atoms with Crippen LogP contribution in [0.5, 0.6) is 0 Å². The predicted octanol–water partition coefficient (Wildman–Crippen LogP) is -0.0659. The average Bonchev–Trinajstić information content (AvgIpc) is 2.18. The number of primary amides is 1. The van der Waals surface area contributed by atoms with E-state index >= 15 is 0 Å². The molecule has 0 aromatic carbocycles. The summed E-state index contributed by atoms with van der Waals surface area (Å²) in [6, 6.07) is 0.395. The maximum atomic E-state index is 11.0. The quantitative estimate of drug-likeness (QED) is 0.666. The first-order valence-electron chi connectivity index (χ1n) is 5.42. The monoisotopic (exact) mass is 199 g/mol. The first-order valence-corrected chi connectivity index (χ1v) is 5.42. The summed E-state index contributed by atoms with van der Waals surface area (Å²) in [5.74, 6) is -0.238. The lowest BCUT2D eigenvalue weighted by Crippen LogP contribution is -2.57. The minimum absolute atomic E-state index is 0.164. The highest BCUT2D eigenvalue weighted by Crippen LogP contribution is 2.09. The van der Waals surface area contributed by atoms with Crippen molar-refractivity contribution in [2.75, 3.05) is 19.6 Å². The molecule has 1 aliphatic heterocycles. The van der Waals surface area contributed by atoms with Crippen LogP contribution in [-0.2, 0) is 4.79 Å². The highest BCUT2D eigenvalue weighted by Gasteiger charge is 2.25. The van der Waals surface area contributed by atoms with Crippen LogP contribution in [0.2, 0.25) is 0 Å². The van der Waals surface area contributed by atoms with Gasteiger partial charge in [-0.3, -0.25) is 9.69 Å². The van der Waals surface area contributed by atoms with Gasteiger partial charge in [0.2, 0.25) is 5.91 Å². The van der Waals surface area contributed by atoms with Gasteiger partial charge in [0.1, 0.15) is 0 Å². The van der Waals surface area contributed by atoms with E-state index in [-0.39, 0.29) is 11.9 Å². The first-order chi connectivity index (χ1) is 6.65. The number of piperazine rings is 1. The SMILES string of the molecule is CCCC(C)N1CCNC(C(N)=O)C1. The Morgan fingerprint density at radius 3 is 3.00 bits per heavy atom. The third-order valence-electron chi connectivity index (χ3n) is 2.88. The van der Waals surface area contributed by atoms with E-state index in [1.54, 1.807) is 0 Å². The van der Waals surface area contributed by atoms with E-state index in [1.807, 2.05) is 0 Å². The van der Waals surface area contributed by atoms with Gasteiger partial charge in [-0.05, 0) is 13.3 Å². The van der Waals surface area contributed by atoms with E-state index < -0.39 is 0 Å². The molecule has 1 heterocycles. The lowest BCUT2D eigenvalue weighted by Gasteiger charge is -2.36. The van der Waals surface area contributed by atoms with Crippen molar-refractivity contribution < 1.29 is 4.79 Å². The van der Waals surface area contributed by atoms with Gasteiger partial charge in [0.25, 0.3) is 0 Å². The van der Waals surface area contributed by atoms with E-state index in [1.165, 1.54) is 12.8 Å².